The third kappa shape index (κ3) is 5.87. The lowest BCUT2D eigenvalue weighted by molar-refractivity contribution is -0.118. The van der Waals surface area contributed by atoms with Crippen molar-refractivity contribution in [2.24, 2.45) is 5.10 Å². The Morgan fingerprint density at radius 3 is 2.33 bits per heavy atom. The van der Waals surface area contributed by atoms with E-state index in [1.54, 1.807) is 64.0 Å². The van der Waals surface area contributed by atoms with Crippen molar-refractivity contribution in [1.29, 1.82) is 0 Å². The first-order valence-corrected chi connectivity index (χ1v) is 10.9. The number of benzene rings is 2. The fraction of sp³-hybridized carbons (Fsp3) is 0.333. The summed E-state index contributed by atoms with van der Waals surface area (Å²) in [5.74, 6) is 0.418. The highest BCUT2D eigenvalue weighted by molar-refractivity contribution is 7.80. The zero-order valence-electron chi connectivity index (χ0n) is 19.4. The molecule has 0 saturated carbocycles. The first-order chi connectivity index (χ1) is 15.6. The predicted octanol–water partition coefficient (Wildman–Crippen LogP) is 4.10. The summed E-state index contributed by atoms with van der Waals surface area (Å²) in [6.07, 6.45) is -0.698. The number of hydrogen-bond donors (Lipinski definition) is 1. The zero-order valence-corrected chi connectivity index (χ0v) is 20.2. The lowest BCUT2D eigenvalue weighted by Gasteiger charge is -2.24. The molecule has 0 spiro atoms. The SMILES string of the molecule is COc1ccc(N2C(=O)C(/C(C)=N/NC(=O)OC(C)(C)C)N(Cc3ccccc3)C2=S)cc1. The molecule has 0 aromatic heterocycles. The van der Waals surface area contributed by atoms with Crippen LogP contribution in [-0.2, 0) is 16.1 Å². The molecule has 1 fully saturated rings. The number of anilines is 1. The number of carbonyl (C=O) groups excluding carboxylic acids is 2. The van der Waals surface area contributed by atoms with Crippen LogP contribution in [-0.4, -0.2) is 46.5 Å². The van der Waals surface area contributed by atoms with E-state index in [2.05, 4.69) is 10.5 Å². The second-order valence-electron chi connectivity index (χ2n) is 8.54. The van der Waals surface area contributed by atoms with E-state index < -0.39 is 17.7 Å². The van der Waals surface area contributed by atoms with Crippen LogP contribution in [0.1, 0.15) is 33.3 Å². The summed E-state index contributed by atoms with van der Waals surface area (Å²) in [7, 11) is 1.58. The van der Waals surface area contributed by atoms with Crippen molar-refractivity contribution in [2.45, 2.75) is 45.9 Å². The van der Waals surface area contributed by atoms with E-state index in [4.69, 9.17) is 21.7 Å². The quantitative estimate of drug-likeness (QED) is 0.390. The Kier molecular flexibility index (Phi) is 7.33. The van der Waals surface area contributed by atoms with Gasteiger partial charge in [0.1, 0.15) is 11.4 Å². The Hall–Kier alpha value is -3.46. The van der Waals surface area contributed by atoms with Gasteiger partial charge in [-0.2, -0.15) is 5.10 Å². The monoisotopic (exact) mass is 468 g/mol. The van der Waals surface area contributed by atoms with Gasteiger partial charge in [-0.25, -0.2) is 10.2 Å². The summed E-state index contributed by atoms with van der Waals surface area (Å²) >= 11 is 5.72. The van der Waals surface area contributed by atoms with Crippen molar-refractivity contribution in [2.75, 3.05) is 12.0 Å². The Labute approximate surface area is 199 Å². The molecule has 1 heterocycles. The third-order valence-corrected chi connectivity index (χ3v) is 5.26. The van der Waals surface area contributed by atoms with E-state index in [9.17, 15) is 9.59 Å². The Bertz CT molecular complexity index is 1050. The van der Waals surface area contributed by atoms with Gasteiger partial charge in [-0.3, -0.25) is 9.69 Å². The molecule has 0 bridgehead atoms. The molecule has 1 aliphatic heterocycles. The molecule has 1 aliphatic rings. The topological polar surface area (TPSA) is 83.5 Å². The number of nitrogens with zero attached hydrogens (tertiary/aromatic N) is 3. The standard InChI is InChI=1S/C24H28N4O4S/c1-16(25-26-22(30)32-24(2,3)4)20-21(29)28(18-11-13-19(31-5)14-12-18)23(33)27(20)15-17-9-7-6-8-10-17/h6-14,20H,15H2,1-5H3,(H,26,30)/b25-16+. The van der Waals surface area contributed by atoms with Crippen molar-refractivity contribution >= 4 is 40.7 Å². The number of ether oxygens (including phenoxy) is 2. The van der Waals surface area contributed by atoms with Crippen LogP contribution in [0.4, 0.5) is 10.5 Å². The summed E-state index contributed by atoms with van der Waals surface area (Å²) in [5.41, 5.74) is 3.71. The van der Waals surface area contributed by atoms with Gasteiger partial charge in [0.2, 0.25) is 0 Å². The molecule has 174 valence electrons. The zero-order chi connectivity index (χ0) is 24.2. The van der Waals surface area contributed by atoms with Gasteiger partial charge in [0, 0.05) is 6.54 Å². The Balaban J connectivity index is 1.91. The fourth-order valence-electron chi connectivity index (χ4n) is 3.40. The normalized spacial score (nSPS) is 16.8. The highest BCUT2D eigenvalue weighted by Gasteiger charge is 2.45. The lowest BCUT2D eigenvalue weighted by Crippen LogP contribution is -2.41. The molecule has 3 rings (SSSR count). The minimum atomic E-state index is -0.783. The van der Waals surface area contributed by atoms with Crippen molar-refractivity contribution < 1.29 is 19.1 Å². The lowest BCUT2D eigenvalue weighted by atomic mass is 10.1. The van der Waals surface area contributed by atoms with Crippen LogP contribution in [0.15, 0.2) is 59.7 Å². The van der Waals surface area contributed by atoms with Crippen molar-refractivity contribution in [3.8, 4) is 5.75 Å². The smallest absolute Gasteiger partial charge is 0.428 e. The molecule has 9 heteroatoms. The van der Waals surface area contributed by atoms with Gasteiger partial charge in [0.15, 0.2) is 11.2 Å². The average Bonchev–Trinajstić information content (AvgIpc) is 3.01. The van der Waals surface area contributed by atoms with E-state index in [0.29, 0.717) is 28.8 Å². The number of rotatable bonds is 6. The molecule has 0 aliphatic carbocycles. The highest BCUT2D eigenvalue weighted by atomic mass is 32.1. The number of methoxy groups -OCH3 is 1. The summed E-state index contributed by atoms with van der Waals surface area (Å²) in [6, 6.07) is 16.0. The van der Waals surface area contributed by atoms with E-state index in [-0.39, 0.29) is 5.91 Å². The van der Waals surface area contributed by atoms with Crippen LogP contribution in [0.5, 0.6) is 5.75 Å². The van der Waals surface area contributed by atoms with Crippen molar-refractivity contribution in [3.05, 3.63) is 60.2 Å². The Morgan fingerprint density at radius 2 is 1.76 bits per heavy atom. The van der Waals surface area contributed by atoms with Gasteiger partial charge in [0.25, 0.3) is 5.91 Å². The van der Waals surface area contributed by atoms with Crippen LogP contribution in [0.3, 0.4) is 0 Å². The van der Waals surface area contributed by atoms with Gasteiger partial charge in [-0.1, -0.05) is 30.3 Å². The molecule has 1 unspecified atom stereocenters. The number of nitrogens with one attached hydrogen (secondary N) is 1. The molecular weight excluding hydrogens is 440 g/mol. The summed E-state index contributed by atoms with van der Waals surface area (Å²) in [5, 5.41) is 4.50. The fourth-order valence-corrected chi connectivity index (χ4v) is 3.76. The van der Waals surface area contributed by atoms with Gasteiger partial charge in [-0.15, -0.1) is 0 Å². The van der Waals surface area contributed by atoms with Crippen molar-refractivity contribution in [1.82, 2.24) is 10.3 Å². The molecule has 8 nitrogen and oxygen atoms in total. The van der Waals surface area contributed by atoms with Crippen LogP contribution in [0.2, 0.25) is 0 Å². The molecule has 1 N–H and O–H groups in total. The second-order valence-corrected chi connectivity index (χ2v) is 8.90. The highest BCUT2D eigenvalue weighted by Crippen LogP contribution is 2.29. The number of hydrazone groups is 1. The first-order valence-electron chi connectivity index (χ1n) is 10.5. The molecule has 2 amide bonds. The number of amides is 2. The molecule has 1 saturated heterocycles. The molecule has 2 aromatic rings. The molecular formula is C24H28N4O4S. The van der Waals surface area contributed by atoms with E-state index in [1.165, 1.54) is 4.90 Å². The molecule has 0 radical (unpaired) electrons. The van der Waals surface area contributed by atoms with Gasteiger partial charge in [0.05, 0.1) is 18.5 Å². The maximum Gasteiger partial charge on any atom is 0.428 e. The minimum absolute atomic E-state index is 0.256. The first kappa shape index (κ1) is 24.2. The molecule has 2 aromatic carbocycles. The maximum absolute atomic E-state index is 13.5. The van der Waals surface area contributed by atoms with Crippen molar-refractivity contribution in [3.63, 3.8) is 0 Å². The van der Waals surface area contributed by atoms with Gasteiger partial charge in [-0.05, 0) is 69.7 Å². The maximum atomic E-state index is 13.5. The largest absolute Gasteiger partial charge is 0.497 e. The van der Waals surface area contributed by atoms with Crippen LogP contribution >= 0.6 is 12.2 Å². The average molecular weight is 469 g/mol. The van der Waals surface area contributed by atoms with Gasteiger partial charge >= 0.3 is 6.09 Å². The van der Waals surface area contributed by atoms with Gasteiger partial charge < -0.3 is 14.4 Å². The van der Waals surface area contributed by atoms with E-state index >= 15 is 0 Å². The number of hydrogen-bond acceptors (Lipinski definition) is 6. The van der Waals surface area contributed by atoms with Crippen LogP contribution < -0.4 is 15.1 Å². The second kappa shape index (κ2) is 9.99. The summed E-state index contributed by atoms with van der Waals surface area (Å²) in [6.45, 7) is 7.36. The minimum Gasteiger partial charge on any atom is -0.497 e. The molecule has 1 atom stereocenters. The van der Waals surface area contributed by atoms with E-state index in [1.807, 2.05) is 30.3 Å². The number of thiocarbonyl (C=S) groups is 1. The predicted molar refractivity (Wildman–Crippen MR) is 131 cm³/mol. The number of carbonyl (C=O) groups is 2. The summed E-state index contributed by atoms with van der Waals surface area (Å²) in [4.78, 5) is 28.9. The summed E-state index contributed by atoms with van der Waals surface area (Å²) < 4.78 is 10.4. The Morgan fingerprint density at radius 1 is 1.12 bits per heavy atom. The van der Waals surface area contributed by atoms with E-state index in [0.717, 1.165) is 5.56 Å². The van der Waals surface area contributed by atoms with Crippen LogP contribution in [0, 0.1) is 0 Å². The third-order valence-electron chi connectivity index (χ3n) is 4.85. The van der Waals surface area contributed by atoms with Crippen LogP contribution in [0.25, 0.3) is 0 Å². The molecule has 33 heavy (non-hydrogen) atoms.